The van der Waals surface area contributed by atoms with Gasteiger partial charge in [-0.15, -0.1) is 0 Å². The molecule has 0 radical (unpaired) electrons. The van der Waals surface area contributed by atoms with Crippen LogP contribution in [0.2, 0.25) is 0 Å². The quantitative estimate of drug-likeness (QED) is 0.623. The van der Waals surface area contributed by atoms with Crippen LogP contribution < -0.4 is 5.32 Å². The third-order valence-corrected chi connectivity index (χ3v) is 4.48. The van der Waals surface area contributed by atoms with Gasteiger partial charge in [0.15, 0.2) is 12.0 Å². The van der Waals surface area contributed by atoms with E-state index in [2.05, 4.69) is 5.32 Å². The number of nitrogens with one attached hydrogen (secondary N) is 1. The van der Waals surface area contributed by atoms with Gasteiger partial charge in [0.2, 0.25) is 0 Å². The fourth-order valence-corrected chi connectivity index (χ4v) is 2.38. The third-order valence-electron chi connectivity index (χ3n) is 4.48. The highest BCUT2D eigenvalue weighted by atomic mass is 16.7. The van der Waals surface area contributed by atoms with Crippen molar-refractivity contribution in [3.8, 4) is 0 Å². The van der Waals surface area contributed by atoms with Gasteiger partial charge in [0, 0.05) is 6.54 Å². The van der Waals surface area contributed by atoms with Gasteiger partial charge in [-0.2, -0.15) is 0 Å². The molecule has 1 aromatic heterocycles. The number of carbonyl (C=O) groups excluding carboxylic acids is 2. The Labute approximate surface area is 160 Å². The summed E-state index contributed by atoms with van der Waals surface area (Å²) in [7, 11) is -0.672. The Morgan fingerprint density at radius 3 is 2.19 bits per heavy atom. The van der Waals surface area contributed by atoms with Gasteiger partial charge in [-0.1, -0.05) is 0 Å². The van der Waals surface area contributed by atoms with Gasteiger partial charge in [0.05, 0.1) is 11.2 Å². The lowest BCUT2D eigenvalue weighted by Crippen LogP contribution is -2.41. The van der Waals surface area contributed by atoms with E-state index in [4.69, 9.17) is 18.5 Å². The number of furan rings is 1. The molecule has 0 spiro atoms. The van der Waals surface area contributed by atoms with Gasteiger partial charge in [0.1, 0.15) is 11.4 Å². The third kappa shape index (κ3) is 5.46. The zero-order valence-corrected chi connectivity index (χ0v) is 17.0. The molecular weight excluding hydrogens is 349 g/mol. The average molecular weight is 377 g/mol. The molecule has 0 aromatic carbocycles. The van der Waals surface area contributed by atoms with Crippen molar-refractivity contribution in [2.45, 2.75) is 65.3 Å². The van der Waals surface area contributed by atoms with Crippen LogP contribution in [-0.2, 0) is 14.0 Å². The Hall–Kier alpha value is -2.06. The van der Waals surface area contributed by atoms with E-state index in [9.17, 15) is 9.59 Å². The molecule has 8 heteroatoms. The molecule has 0 aliphatic carbocycles. The van der Waals surface area contributed by atoms with Crippen LogP contribution in [0.15, 0.2) is 22.0 Å². The lowest BCUT2D eigenvalue weighted by molar-refractivity contribution is 0.00578. The van der Waals surface area contributed by atoms with Crippen molar-refractivity contribution < 1.29 is 28.1 Å². The number of ether oxygens (including phenoxy) is 1. The first-order chi connectivity index (χ1) is 12.3. The van der Waals surface area contributed by atoms with Crippen LogP contribution in [0.4, 0.5) is 4.79 Å². The molecule has 1 aromatic rings. The minimum absolute atomic E-state index is 0.142. The molecule has 0 atom stereocenters. The lowest BCUT2D eigenvalue weighted by Gasteiger charge is -2.32. The molecule has 1 saturated heterocycles. The SMILES string of the molecule is CC(C)(C)OC(=O)NCC(=Cc1ccc(C=O)o1)B1OC(C)(C)C(C)(C)O1. The normalized spacial score (nSPS) is 19.1. The van der Waals surface area contributed by atoms with Crippen LogP contribution in [0, 0.1) is 0 Å². The van der Waals surface area contributed by atoms with Crippen LogP contribution in [0.1, 0.15) is 64.8 Å². The predicted molar refractivity (Wildman–Crippen MR) is 102 cm³/mol. The second-order valence-electron chi connectivity index (χ2n) is 8.52. The molecule has 1 amide bonds. The molecule has 27 heavy (non-hydrogen) atoms. The van der Waals surface area contributed by atoms with E-state index in [0.717, 1.165) is 0 Å². The fourth-order valence-electron chi connectivity index (χ4n) is 2.38. The second-order valence-corrected chi connectivity index (χ2v) is 8.52. The Balaban J connectivity index is 2.21. The summed E-state index contributed by atoms with van der Waals surface area (Å²) < 4.78 is 22.8. The van der Waals surface area contributed by atoms with E-state index >= 15 is 0 Å². The molecule has 7 nitrogen and oxygen atoms in total. The minimum atomic E-state index is -0.672. The minimum Gasteiger partial charge on any atom is -0.454 e. The fraction of sp³-hybridized carbons (Fsp3) is 0.579. The van der Waals surface area contributed by atoms with Gasteiger partial charge in [-0.25, -0.2) is 4.79 Å². The smallest absolute Gasteiger partial charge is 0.454 e. The molecule has 2 heterocycles. The summed E-state index contributed by atoms with van der Waals surface area (Å²) in [5.74, 6) is 0.683. The number of alkyl carbamates (subject to hydrolysis) is 1. The van der Waals surface area contributed by atoms with Crippen LogP contribution in [0.5, 0.6) is 0 Å². The number of carbonyl (C=O) groups is 2. The Morgan fingerprint density at radius 1 is 1.15 bits per heavy atom. The maximum atomic E-state index is 12.0. The molecular formula is C19H28BNO6. The zero-order valence-electron chi connectivity index (χ0n) is 17.0. The van der Waals surface area contributed by atoms with E-state index < -0.39 is 30.0 Å². The topological polar surface area (TPSA) is 87.0 Å². The van der Waals surface area contributed by atoms with Gasteiger partial charge in [-0.05, 0) is 72.1 Å². The molecule has 0 saturated carbocycles. The number of rotatable bonds is 5. The summed E-state index contributed by atoms with van der Waals surface area (Å²) in [5, 5.41) is 2.71. The molecule has 0 unspecified atom stereocenters. The van der Waals surface area contributed by atoms with Crippen LogP contribution in [0.3, 0.4) is 0 Å². The first-order valence-corrected chi connectivity index (χ1v) is 8.91. The highest BCUT2D eigenvalue weighted by Crippen LogP contribution is 2.38. The molecule has 2 rings (SSSR count). The highest BCUT2D eigenvalue weighted by molar-refractivity contribution is 6.56. The van der Waals surface area contributed by atoms with Gasteiger partial charge >= 0.3 is 13.2 Å². The number of hydrogen-bond donors (Lipinski definition) is 1. The van der Waals surface area contributed by atoms with E-state index in [1.807, 2.05) is 27.7 Å². The van der Waals surface area contributed by atoms with Crippen molar-refractivity contribution >= 4 is 25.6 Å². The summed E-state index contributed by atoms with van der Waals surface area (Å²) in [5.41, 5.74) is -1.01. The van der Waals surface area contributed by atoms with E-state index in [1.165, 1.54) is 0 Å². The number of aldehydes is 1. The van der Waals surface area contributed by atoms with Crippen molar-refractivity contribution in [3.63, 3.8) is 0 Å². The van der Waals surface area contributed by atoms with E-state index in [-0.39, 0.29) is 12.3 Å². The summed E-state index contributed by atoms with van der Waals surface area (Å²) in [6.45, 7) is 13.3. The van der Waals surface area contributed by atoms with Crippen molar-refractivity contribution in [2.24, 2.45) is 0 Å². The first kappa shape index (κ1) is 21.2. The van der Waals surface area contributed by atoms with Crippen molar-refractivity contribution in [1.29, 1.82) is 0 Å². The molecule has 1 fully saturated rings. The molecule has 1 aliphatic rings. The van der Waals surface area contributed by atoms with Gasteiger partial charge < -0.3 is 23.8 Å². The largest absolute Gasteiger partial charge is 0.492 e. The van der Waals surface area contributed by atoms with Crippen LogP contribution in [0.25, 0.3) is 6.08 Å². The van der Waals surface area contributed by atoms with Gasteiger partial charge in [-0.3, -0.25) is 4.79 Å². The molecule has 1 aliphatic heterocycles. The average Bonchev–Trinajstić information content (AvgIpc) is 3.03. The first-order valence-electron chi connectivity index (χ1n) is 8.91. The number of hydrogen-bond acceptors (Lipinski definition) is 6. The van der Waals surface area contributed by atoms with Crippen molar-refractivity contribution in [1.82, 2.24) is 5.32 Å². The monoisotopic (exact) mass is 377 g/mol. The predicted octanol–water partition coefficient (Wildman–Crippen LogP) is 3.63. The Morgan fingerprint density at radius 2 is 1.70 bits per heavy atom. The van der Waals surface area contributed by atoms with Gasteiger partial charge in [0.25, 0.3) is 0 Å². The molecule has 148 valence electrons. The maximum Gasteiger partial charge on any atom is 0.492 e. The molecule has 0 bridgehead atoms. The summed E-state index contributed by atoms with van der Waals surface area (Å²) in [6, 6.07) is 3.24. The lowest BCUT2D eigenvalue weighted by atomic mass is 9.77. The highest BCUT2D eigenvalue weighted by Gasteiger charge is 2.52. The summed E-state index contributed by atoms with van der Waals surface area (Å²) >= 11 is 0. The van der Waals surface area contributed by atoms with Crippen LogP contribution >= 0.6 is 0 Å². The zero-order chi connectivity index (χ0) is 20.5. The van der Waals surface area contributed by atoms with Crippen molar-refractivity contribution in [3.05, 3.63) is 29.1 Å². The second kappa shape index (κ2) is 7.52. The Bertz CT molecular complexity index is 713. The maximum absolute atomic E-state index is 12.0. The van der Waals surface area contributed by atoms with E-state index in [0.29, 0.717) is 17.5 Å². The van der Waals surface area contributed by atoms with E-state index in [1.54, 1.807) is 39.0 Å². The van der Waals surface area contributed by atoms with Crippen molar-refractivity contribution in [2.75, 3.05) is 6.54 Å². The summed E-state index contributed by atoms with van der Waals surface area (Å²) in [6.07, 6.45) is 1.79. The number of amides is 1. The standard InChI is InChI=1S/C19H28BNO6/c1-17(2,3)25-16(23)21-11-13(10-14-8-9-15(12-22)24-14)20-26-18(4,5)19(6,7)27-20/h8-10,12H,11H2,1-7H3,(H,21,23). The summed E-state index contributed by atoms with van der Waals surface area (Å²) in [4.78, 5) is 22.9. The Kier molecular flexibility index (Phi) is 5.92. The van der Waals surface area contributed by atoms with Crippen LogP contribution in [-0.4, -0.2) is 42.8 Å². The molecule has 1 N–H and O–H groups in total.